The Morgan fingerprint density at radius 1 is 0.659 bits per heavy atom. The molecule has 0 radical (unpaired) electrons. The molecule has 0 bridgehead atoms. The molecule has 1 fully saturated rings. The zero-order chi connectivity index (χ0) is 30.7. The summed E-state index contributed by atoms with van der Waals surface area (Å²) in [5.74, 6) is 0.722. The van der Waals surface area contributed by atoms with Gasteiger partial charge in [-0.3, -0.25) is 9.63 Å². The van der Waals surface area contributed by atoms with E-state index < -0.39 is 18.1 Å². The van der Waals surface area contributed by atoms with Gasteiger partial charge in [0.2, 0.25) is 0 Å². The number of methoxy groups -OCH3 is 2. The largest absolute Gasteiger partial charge is 0.496 e. The first-order valence-corrected chi connectivity index (χ1v) is 14.9. The van der Waals surface area contributed by atoms with E-state index in [9.17, 15) is 4.79 Å². The number of ether oxygens (including phenoxy) is 2. The first-order chi connectivity index (χ1) is 21.4. The number of nitrogens with zero attached hydrogens (tertiary/aromatic N) is 1. The molecule has 0 N–H and O–H groups in total. The van der Waals surface area contributed by atoms with E-state index in [2.05, 4.69) is 50.2 Å². The molecule has 0 saturated carbocycles. The molecular weight excluding hydrogens is 546 g/mol. The van der Waals surface area contributed by atoms with Crippen molar-refractivity contribution in [2.75, 3.05) is 19.3 Å². The van der Waals surface area contributed by atoms with Crippen molar-refractivity contribution in [3.63, 3.8) is 0 Å². The molecule has 44 heavy (non-hydrogen) atoms. The Morgan fingerprint density at radius 2 is 1.23 bits per heavy atom. The van der Waals surface area contributed by atoms with Gasteiger partial charge in [0.1, 0.15) is 17.6 Å². The third-order valence-electron chi connectivity index (χ3n) is 8.73. The van der Waals surface area contributed by atoms with Crippen molar-refractivity contribution >= 4 is 11.5 Å². The molecule has 5 heteroatoms. The second-order valence-electron chi connectivity index (χ2n) is 11.6. The van der Waals surface area contributed by atoms with Crippen LogP contribution in [0.5, 0.6) is 11.5 Å². The number of hydrogen-bond acceptors (Lipinski definition) is 5. The lowest BCUT2D eigenvalue weighted by Crippen LogP contribution is -2.30. The molecule has 0 spiro atoms. The smallest absolute Gasteiger partial charge is 0.171 e. The number of hydrogen-bond donors (Lipinski definition) is 0. The maximum absolute atomic E-state index is 14.7. The van der Waals surface area contributed by atoms with E-state index in [0.717, 1.165) is 22.4 Å². The van der Waals surface area contributed by atoms with Crippen LogP contribution in [0.4, 0.5) is 5.69 Å². The molecule has 5 nitrogen and oxygen atoms in total. The van der Waals surface area contributed by atoms with Crippen molar-refractivity contribution in [1.82, 2.24) is 0 Å². The number of carbonyl (C=O) groups excluding carboxylic acids is 1. The average Bonchev–Trinajstić information content (AvgIpc) is 3.49. The van der Waals surface area contributed by atoms with Crippen LogP contribution in [0.25, 0.3) is 0 Å². The van der Waals surface area contributed by atoms with E-state index in [1.807, 2.05) is 102 Å². The van der Waals surface area contributed by atoms with Crippen LogP contribution in [0.15, 0.2) is 133 Å². The maximum atomic E-state index is 14.7. The Morgan fingerprint density at radius 3 is 1.89 bits per heavy atom. The van der Waals surface area contributed by atoms with Crippen LogP contribution < -0.4 is 14.5 Å². The Bertz CT molecular complexity index is 1720. The van der Waals surface area contributed by atoms with Crippen LogP contribution >= 0.6 is 0 Å². The van der Waals surface area contributed by atoms with Crippen molar-refractivity contribution < 1.29 is 19.1 Å². The van der Waals surface area contributed by atoms with Crippen molar-refractivity contribution in [3.05, 3.63) is 161 Å². The van der Waals surface area contributed by atoms with E-state index in [0.29, 0.717) is 17.1 Å². The number of para-hydroxylation sites is 2. The predicted octanol–water partition coefficient (Wildman–Crippen LogP) is 8.76. The van der Waals surface area contributed by atoms with Gasteiger partial charge in [-0.1, -0.05) is 117 Å². The summed E-state index contributed by atoms with van der Waals surface area (Å²) in [4.78, 5) is 21.6. The van der Waals surface area contributed by atoms with Gasteiger partial charge in [-0.25, -0.2) is 5.06 Å². The summed E-state index contributed by atoms with van der Waals surface area (Å²) in [7, 11) is 3.32. The molecule has 5 aromatic carbocycles. The van der Waals surface area contributed by atoms with E-state index in [4.69, 9.17) is 14.3 Å². The lowest BCUT2D eigenvalue weighted by molar-refractivity contribution is 0.0588. The second-order valence-corrected chi connectivity index (χ2v) is 11.6. The zero-order valence-corrected chi connectivity index (χ0v) is 25.5. The molecule has 0 aliphatic carbocycles. The summed E-state index contributed by atoms with van der Waals surface area (Å²) >= 11 is 0. The molecule has 3 atom stereocenters. The van der Waals surface area contributed by atoms with Crippen molar-refractivity contribution in [2.45, 2.75) is 31.4 Å². The summed E-state index contributed by atoms with van der Waals surface area (Å²) in [6.45, 7) is 4.44. The van der Waals surface area contributed by atoms with Gasteiger partial charge in [0, 0.05) is 22.1 Å². The molecule has 1 heterocycles. The highest BCUT2D eigenvalue weighted by molar-refractivity contribution is 5.99. The monoisotopic (exact) mass is 583 g/mol. The Labute approximate surface area is 259 Å². The molecule has 1 saturated heterocycles. The number of anilines is 1. The number of carbonyl (C=O) groups is 1. The second kappa shape index (κ2) is 12.4. The third-order valence-corrected chi connectivity index (χ3v) is 8.73. The molecule has 1 aliphatic heterocycles. The highest BCUT2D eigenvalue weighted by Gasteiger charge is 2.51. The van der Waals surface area contributed by atoms with E-state index in [1.54, 1.807) is 14.2 Å². The normalized spacial score (nSPS) is 18.2. The van der Waals surface area contributed by atoms with Crippen LogP contribution in [0, 0.1) is 5.92 Å². The van der Waals surface area contributed by atoms with Gasteiger partial charge < -0.3 is 9.47 Å². The molecular formula is C39H37NO4. The average molecular weight is 584 g/mol. The summed E-state index contributed by atoms with van der Waals surface area (Å²) in [6.07, 6.45) is -0.625. The highest BCUT2D eigenvalue weighted by atomic mass is 16.7. The topological polar surface area (TPSA) is 48.0 Å². The highest BCUT2D eigenvalue weighted by Crippen LogP contribution is 2.53. The number of hydroxylamine groups is 1. The molecule has 6 rings (SSSR count). The van der Waals surface area contributed by atoms with Crippen LogP contribution in [-0.4, -0.2) is 20.0 Å². The predicted molar refractivity (Wildman–Crippen MR) is 174 cm³/mol. The van der Waals surface area contributed by atoms with Crippen LogP contribution in [0.3, 0.4) is 0 Å². The van der Waals surface area contributed by atoms with Gasteiger partial charge in [-0.2, -0.15) is 0 Å². The summed E-state index contributed by atoms with van der Waals surface area (Å²) in [5.41, 5.74) is 5.16. The Balaban J connectivity index is 1.59. The molecule has 222 valence electrons. The van der Waals surface area contributed by atoms with Gasteiger partial charge in [0.15, 0.2) is 5.78 Å². The lowest BCUT2D eigenvalue weighted by Gasteiger charge is -2.31. The van der Waals surface area contributed by atoms with Crippen molar-refractivity contribution in [2.24, 2.45) is 5.92 Å². The quantitative estimate of drug-likeness (QED) is 0.162. The fourth-order valence-electron chi connectivity index (χ4n) is 6.28. The minimum atomic E-state index is -0.627. The van der Waals surface area contributed by atoms with Gasteiger partial charge in [-0.15, -0.1) is 0 Å². The summed E-state index contributed by atoms with van der Waals surface area (Å²) < 4.78 is 11.8. The van der Waals surface area contributed by atoms with Crippen LogP contribution in [0.2, 0.25) is 0 Å². The van der Waals surface area contributed by atoms with Crippen molar-refractivity contribution in [1.29, 1.82) is 0 Å². The SMILES string of the molecule is COc1ccccc1C1ON(c2ccccc2)C(c2cc(C(C)(C)c3ccccc3)ccc2OC)C1C(=O)c1ccccc1. The number of ketones is 1. The summed E-state index contributed by atoms with van der Waals surface area (Å²) in [6, 6.07) is 43.4. The van der Waals surface area contributed by atoms with Gasteiger partial charge >= 0.3 is 0 Å². The standard InChI is InChI=1S/C39H37NO4/c1-39(2,28-18-10-6-11-19-28)29-24-25-34(43-4)32(26-29)36-35(37(41)27-16-8-5-9-17-27)38(31-22-14-15-23-33(31)42-3)44-40(36)30-20-12-7-13-21-30/h5-26,35-36,38H,1-4H3. The molecule has 0 amide bonds. The summed E-state index contributed by atoms with van der Waals surface area (Å²) in [5, 5.41) is 1.89. The molecule has 0 aromatic heterocycles. The maximum Gasteiger partial charge on any atom is 0.171 e. The van der Waals surface area contributed by atoms with Gasteiger partial charge in [-0.05, 0) is 41.5 Å². The van der Waals surface area contributed by atoms with E-state index >= 15 is 0 Å². The number of rotatable bonds is 9. The van der Waals surface area contributed by atoms with E-state index in [-0.39, 0.29) is 11.2 Å². The Kier molecular flexibility index (Phi) is 8.23. The third kappa shape index (κ3) is 5.36. The Hall–Kier alpha value is -4.87. The minimum absolute atomic E-state index is 0.0142. The first kappa shape index (κ1) is 29.2. The van der Waals surface area contributed by atoms with Gasteiger partial charge in [0.25, 0.3) is 0 Å². The fraction of sp³-hybridized carbons (Fsp3) is 0.205. The van der Waals surface area contributed by atoms with Crippen LogP contribution in [0.1, 0.15) is 58.6 Å². The lowest BCUT2D eigenvalue weighted by atomic mass is 9.75. The van der Waals surface area contributed by atoms with E-state index in [1.165, 1.54) is 5.56 Å². The van der Waals surface area contributed by atoms with Crippen LogP contribution in [-0.2, 0) is 10.3 Å². The number of benzene rings is 5. The minimum Gasteiger partial charge on any atom is -0.496 e. The molecule has 3 unspecified atom stereocenters. The molecule has 5 aromatic rings. The first-order valence-electron chi connectivity index (χ1n) is 14.9. The van der Waals surface area contributed by atoms with Crippen molar-refractivity contribution in [3.8, 4) is 11.5 Å². The zero-order valence-electron chi connectivity index (χ0n) is 25.5. The fourth-order valence-corrected chi connectivity index (χ4v) is 6.28. The molecule has 1 aliphatic rings. The van der Waals surface area contributed by atoms with Gasteiger partial charge in [0.05, 0.1) is 31.9 Å². The number of Topliss-reactive ketones (excluding diaryl/α,β-unsaturated/α-hetero) is 1.